The van der Waals surface area contributed by atoms with Crippen LogP contribution in [0.2, 0.25) is 0 Å². The van der Waals surface area contributed by atoms with Crippen molar-refractivity contribution in [2.24, 2.45) is 0 Å². The standard InChI is InChI=1S/C13H19NO3/c15-8-9(16)7-14-12-5-6-13(17)11-4-2-1-3-10(11)12/h5-6,9,14-17H,1-4,7-8H2. The Morgan fingerprint density at radius 1 is 1.18 bits per heavy atom. The van der Waals surface area contributed by atoms with Gasteiger partial charge < -0.3 is 20.6 Å². The largest absolute Gasteiger partial charge is 0.508 e. The Morgan fingerprint density at radius 3 is 2.59 bits per heavy atom. The van der Waals surface area contributed by atoms with Crippen molar-refractivity contribution in [3.05, 3.63) is 23.3 Å². The number of benzene rings is 1. The molecule has 1 aliphatic carbocycles. The minimum atomic E-state index is -0.747. The molecular weight excluding hydrogens is 218 g/mol. The number of hydrogen-bond acceptors (Lipinski definition) is 4. The van der Waals surface area contributed by atoms with Crippen molar-refractivity contribution >= 4 is 5.69 Å². The third-order valence-electron chi connectivity index (χ3n) is 3.25. The van der Waals surface area contributed by atoms with Gasteiger partial charge in [-0.2, -0.15) is 0 Å². The van der Waals surface area contributed by atoms with Crippen LogP contribution in [0.1, 0.15) is 24.0 Å². The lowest BCUT2D eigenvalue weighted by Crippen LogP contribution is -2.23. The molecule has 4 N–H and O–H groups in total. The molecule has 0 spiro atoms. The van der Waals surface area contributed by atoms with E-state index >= 15 is 0 Å². The summed E-state index contributed by atoms with van der Waals surface area (Å²) < 4.78 is 0. The lowest BCUT2D eigenvalue weighted by molar-refractivity contribution is 0.105. The molecule has 1 unspecified atom stereocenters. The van der Waals surface area contributed by atoms with Gasteiger partial charge in [0.1, 0.15) is 5.75 Å². The van der Waals surface area contributed by atoms with E-state index < -0.39 is 6.10 Å². The SMILES string of the molecule is OCC(O)CNc1ccc(O)c2c1CCCC2. The van der Waals surface area contributed by atoms with Gasteiger partial charge in [-0.1, -0.05) is 0 Å². The average Bonchev–Trinajstić information content (AvgIpc) is 2.38. The topological polar surface area (TPSA) is 72.7 Å². The lowest BCUT2D eigenvalue weighted by Gasteiger charge is -2.22. The predicted octanol–water partition coefficient (Wildman–Crippen LogP) is 1.04. The number of aliphatic hydroxyl groups is 2. The third kappa shape index (κ3) is 2.70. The molecule has 0 amide bonds. The van der Waals surface area contributed by atoms with E-state index in [1.54, 1.807) is 6.07 Å². The molecule has 0 saturated carbocycles. The van der Waals surface area contributed by atoms with E-state index in [2.05, 4.69) is 5.32 Å². The molecule has 2 rings (SSSR count). The first kappa shape index (κ1) is 12.2. The molecule has 1 aliphatic rings. The molecule has 1 atom stereocenters. The number of anilines is 1. The molecule has 17 heavy (non-hydrogen) atoms. The highest BCUT2D eigenvalue weighted by Gasteiger charge is 2.16. The fraction of sp³-hybridized carbons (Fsp3) is 0.538. The molecule has 0 heterocycles. The molecule has 94 valence electrons. The van der Waals surface area contributed by atoms with Crippen molar-refractivity contribution in [3.63, 3.8) is 0 Å². The Bertz CT molecular complexity index is 392. The van der Waals surface area contributed by atoms with Crippen LogP contribution in [0.25, 0.3) is 0 Å². The highest BCUT2D eigenvalue weighted by molar-refractivity contribution is 5.59. The van der Waals surface area contributed by atoms with Crippen LogP contribution in [0.15, 0.2) is 12.1 Å². The van der Waals surface area contributed by atoms with Gasteiger partial charge in [-0.3, -0.25) is 0 Å². The van der Waals surface area contributed by atoms with Crippen LogP contribution in [0.5, 0.6) is 5.75 Å². The first-order valence-corrected chi connectivity index (χ1v) is 6.09. The molecule has 0 aromatic heterocycles. The minimum absolute atomic E-state index is 0.243. The van der Waals surface area contributed by atoms with E-state index in [9.17, 15) is 10.2 Å². The average molecular weight is 237 g/mol. The first-order valence-electron chi connectivity index (χ1n) is 6.09. The third-order valence-corrected chi connectivity index (χ3v) is 3.25. The van der Waals surface area contributed by atoms with Gasteiger partial charge in [-0.05, 0) is 48.9 Å². The summed E-state index contributed by atoms with van der Waals surface area (Å²) in [5.74, 6) is 0.368. The summed E-state index contributed by atoms with van der Waals surface area (Å²) in [6.07, 6.45) is 3.38. The van der Waals surface area contributed by atoms with E-state index in [1.807, 2.05) is 6.07 Å². The maximum absolute atomic E-state index is 9.79. The number of phenols is 1. The van der Waals surface area contributed by atoms with Gasteiger partial charge >= 0.3 is 0 Å². The molecular formula is C13H19NO3. The smallest absolute Gasteiger partial charge is 0.119 e. The van der Waals surface area contributed by atoms with Crippen LogP contribution >= 0.6 is 0 Å². The second-order valence-electron chi connectivity index (χ2n) is 4.51. The maximum Gasteiger partial charge on any atom is 0.119 e. The number of hydrogen-bond donors (Lipinski definition) is 4. The van der Waals surface area contributed by atoms with Crippen molar-refractivity contribution in [3.8, 4) is 5.75 Å². The molecule has 4 heteroatoms. The van der Waals surface area contributed by atoms with Gasteiger partial charge in [0.15, 0.2) is 0 Å². The van der Waals surface area contributed by atoms with Crippen LogP contribution in [-0.2, 0) is 12.8 Å². The number of aliphatic hydroxyl groups excluding tert-OH is 2. The molecule has 4 nitrogen and oxygen atoms in total. The molecule has 1 aromatic rings. The van der Waals surface area contributed by atoms with E-state index in [0.717, 1.165) is 42.5 Å². The van der Waals surface area contributed by atoms with E-state index in [0.29, 0.717) is 12.3 Å². The summed E-state index contributed by atoms with van der Waals surface area (Å²) in [6.45, 7) is 0.0843. The minimum Gasteiger partial charge on any atom is -0.508 e. The zero-order chi connectivity index (χ0) is 12.3. The van der Waals surface area contributed by atoms with E-state index in [1.165, 1.54) is 0 Å². The summed E-state index contributed by atoms with van der Waals surface area (Å²) in [5.41, 5.74) is 3.14. The zero-order valence-electron chi connectivity index (χ0n) is 9.82. The fourth-order valence-corrected chi connectivity index (χ4v) is 2.31. The monoisotopic (exact) mass is 237 g/mol. The lowest BCUT2D eigenvalue weighted by atomic mass is 9.89. The van der Waals surface area contributed by atoms with Crippen molar-refractivity contribution in [2.75, 3.05) is 18.5 Å². The molecule has 0 radical (unpaired) electrons. The van der Waals surface area contributed by atoms with Gasteiger partial charge in [0, 0.05) is 12.2 Å². The number of phenolic OH excluding ortho intramolecular Hbond substituents is 1. The zero-order valence-corrected chi connectivity index (χ0v) is 9.82. The van der Waals surface area contributed by atoms with Crippen molar-refractivity contribution in [1.82, 2.24) is 0 Å². The van der Waals surface area contributed by atoms with Crippen LogP contribution in [0.3, 0.4) is 0 Å². The molecule has 0 aliphatic heterocycles. The predicted molar refractivity (Wildman–Crippen MR) is 66.3 cm³/mol. The summed E-state index contributed by atoms with van der Waals surface area (Å²) in [6, 6.07) is 3.53. The van der Waals surface area contributed by atoms with Gasteiger partial charge in [0.25, 0.3) is 0 Å². The molecule has 1 aromatic carbocycles. The Balaban J connectivity index is 2.17. The summed E-state index contributed by atoms with van der Waals surface area (Å²) >= 11 is 0. The normalized spacial score (nSPS) is 16.4. The number of nitrogens with one attached hydrogen (secondary N) is 1. The number of fused-ring (bicyclic) bond motifs is 1. The van der Waals surface area contributed by atoms with Gasteiger partial charge in [0.05, 0.1) is 12.7 Å². The molecule has 0 fully saturated rings. The molecule has 0 saturated heterocycles. The van der Waals surface area contributed by atoms with E-state index in [4.69, 9.17) is 5.11 Å². The van der Waals surface area contributed by atoms with Crippen LogP contribution in [0, 0.1) is 0 Å². The van der Waals surface area contributed by atoms with Crippen LogP contribution in [0.4, 0.5) is 5.69 Å². The highest BCUT2D eigenvalue weighted by atomic mass is 16.3. The summed E-state index contributed by atoms with van der Waals surface area (Å²) in [4.78, 5) is 0. The summed E-state index contributed by atoms with van der Waals surface area (Å²) in [7, 11) is 0. The Hall–Kier alpha value is -1.26. The Kier molecular flexibility index (Phi) is 3.86. The molecule has 0 bridgehead atoms. The van der Waals surface area contributed by atoms with Crippen LogP contribution in [-0.4, -0.2) is 34.6 Å². The second-order valence-corrected chi connectivity index (χ2v) is 4.51. The van der Waals surface area contributed by atoms with E-state index in [-0.39, 0.29) is 6.61 Å². The Labute approximate surface area is 101 Å². The van der Waals surface area contributed by atoms with Crippen molar-refractivity contribution in [2.45, 2.75) is 31.8 Å². The fourth-order valence-electron chi connectivity index (χ4n) is 2.31. The maximum atomic E-state index is 9.79. The van der Waals surface area contributed by atoms with Crippen molar-refractivity contribution in [1.29, 1.82) is 0 Å². The number of aromatic hydroxyl groups is 1. The highest BCUT2D eigenvalue weighted by Crippen LogP contribution is 2.34. The van der Waals surface area contributed by atoms with Crippen LogP contribution < -0.4 is 5.32 Å². The second kappa shape index (κ2) is 5.38. The number of rotatable bonds is 4. The van der Waals surface area contributed by atoms with Gasteiger partial charge in [0.2, 0.25) is 0 Å². The van der Waals surface area contributed by atoms with Gasteiger partial charge in [-0.15, -0.1) is 0 Å². The quantitative estimate of drug-likeness (QED) is 0.590. The van der Waals surface area contributed by atoms with Gasteiger partial charge in [-0.25, -0.2) is 0 Å². The summed E-state index contributed by atoms with van der Waals surface area (Å²) in [5, 5.41) is 31.0. The first-order chi connectivity index (χ1) is 8.22. The van der Waals surface area contributed by atoms with Crippen molar-refractivity contribution < 1.29 is 15.3 Å². The Morgan fingerprint density at radius 2 is 1.88 bits per heavy atom.